The molecule has 0 radical (unpaired) electrons. The second-order valence-corrected chi connectivity index (χ2v) is 5.46. The Morgan fingerprint density at radius 2 is 1.75 bits per heavy atom. The van der Waals surface area contributed by atoms with E-state index in [2.05, 4.69) is 39.3 Å². The van der Waals surface area contributed by atoms with Crippen molar-refractivity contribution >= 4 is 29.9 Å². The molecule has 1 aliphatic heterocycles. The Morgan fingerprint density at radius 3 is 2.30 bits per heavy atom. The Bertz CT molecular complexity index is 285. The van der Waals surface area contributed by atoms with Gasteiger partial charge in [0.25, 0.3) is 0 Å². The molecule has 0 unspecified atom stereocenters. The number of nitrogens with one attached hydrogen (secondary N) is 2. The lowest BCUT2D eigenvalue weighted by Crippen LogP contribution is -2.47. The molecule has 2 fully saturated rings. The molecule has 118 valence electrons. The molecule has 1 saturated carbocycles. The van der Waals surface area contributed by atoms with Gasteiger partial charge in [-0.2, -0.15) is 0 Å². The third kappa shape index (κ3) is 6.58. The smallest absolute Gasteiger partial charge is 0.191 e. The predicted molar refractivity (Wildman–Crippen MR) is 96.1 cm³/mol. The first kappa shape index (κ1) is 18.0. The zero-order valence-corrected chi connectivity index (χ0v) is 15.2. The van der Waals surface area contributed by atoms with Gasteiger partial charge in [-0.15, -0.1) is 24.0 Å². The molecule has 0 spiro atoms. The first-order valence-corrected chi connectivity index (χ1v) is 7.81. The van der Waals surface area contributed by atoms with Crippen LogP contribution in [-0.2, 0) is 0 Å². The molecule has 0 aromatic rings. The van der Waals surface area contributed by atoms with E-state index < -0.39 is 0 Å². The third-order valence-electron chi connectivity index (χ3n) is 3.86. The topological polar surface area (TPSA) is 42.9 Å². The van der Waals surface area contributed by atoms with Crippen LogP contribution in [0.3, 0.4) is 0 Å². The van der Waals surface area contributed by atoms with E-state index >= 15 is 0 Å². The average Bonchev–Trinajstić information content (AvgIpc) is 3.24. The van der Waals surface area contributed by atoms with Crippen LogP contribution >= 0.6 is 24.0 Å². The number of hydrogen-bond acceptors (Lipinski definition) is 3. The third-order valence-corrected chi connectivity index (χ3v) is 3.86. The van der Waals surface area contributed by atoms with Crippen LogP contribution < -0.4 is 10.6 Å². The summed E-state index contributed by atoms with van der Waals surface area (Å²) in [5.74, 6) is 0.997. The predicted octanol–water partition coefficient (Wildman–Crippen LogP) is 0.959. The van der Waals surface area contributed by atoms with Crippen molar-refractivity contribution < 1.29 is 0 Å². The van der Waals surface area contributed by atoms with E-state index in [4.69, 9.17) is 0 Å². The van der Waals surface area contributed by atoms with Crippen molar-refractivity contribution in [2.45, 2.75) is 32.7 Å². The maximum Gasteiger partial charge on any atom is 0.191 e. The van der Waals surface area contributed by atoms with Gasteiger partial charge in [-0.05, 0) is 26.3 Å². The Hall–Kier alpha value is -0.0800. The lowest BCUT2D eigenvalue weighted by molar-refractivity contribution is 0.140. The van der Waals surface area contributed by atoms with Crippen LogP contribution in [0.1, 0.15) is 26.7 Å². The Balaban J connectivity index is 0.00000200. The van der Waals surface area contributed by atoms with Gasteiger partial charge in [-0.3, -0.25) is 9.89 Å². The van der Waals surface area contributed by atoms with Gasteiger partial charge in [0, 0.05) is 45.3 Å². The number of halogens is 1. The van der Waals surface area contributed by atoms with Gasteiger partial charge in [0.1, 0.15) is 0 Å². The summed E-state index contributed by atoms with van der Waals surface area (Å²) in [6.45, 7) is 13.3. The van der Waals surface area contributed by atoms with Gasteiger partial charge in [0.05, 0.1) is 6.54 Å². The highest BCUT2D eigenvalue weighted by Gasteiger charge is 2.22. The molecule has 0 atom stereocenters. The summed E-state index contributed by atoms with van der Waals surface area (Å²) in [6.07, 6.45) is 2.59. The lowest BCUT2D eigenvalue weighted by atomic mass is 10.3. The fourth-order valence-corrected chi connectivity index (χ4v) is 2.37. The van der Waals surface area contributed by atoms with Crippen LogP contribution in [0.15, 0.2) is 4.99 Å². The second-order valence-electron chi connectivity index (χ2n) is 5.46. The average molecular weight is 395 g/mol. The van der Waals surface area contributed by atoms with Gasteiger partial charge in [0.15, 0.2) is 5.96 Å². The number of likely N-dealkylation sites (N-methyl/N-ethyl adjacent to an activating group) is 1. The lowest BCUT2D eigenvalue weighted by Gasteiger charge is -2.33. The van der Waals surface area contributed by atoms with Gasteiger partial charge in [-0.25, -0.2) is 0 Å². The Kier molecular flexibility index (Phi) is 8.79. The number of rotatable bonds is 6. The minimum atomic E-state index is 0. The van der Waals surface area contributed by atoms with Crippen molar-refractivity contribution in [1.29, 1.82) is 0 Å². The maximum atomic E-state index is 4.67. The molecule has 0 aromatic heterocycles. The maximum absolute atomic E-state index is 4.67. The molecule has 20 heavy (non-hydrogen) atoms. The normalized spacial score (nSPS) is 21.4. The van der Waals surface area contributed by atoms with Crippen molar-refractivity contribution in [3.63, 3.8) is 0 Å². The molecule has 0 aromatic carbocycles. The summed E-state index contributed by atoms with van der Waals surface area (Å²) >= 11 is 0. The van der Waals surface area contributed by atoms with E-state index in [1.54, 1.807) is 0 Å². The first-order chi connectivity index (χ1) is 9.31. The number of hydrogen-bond donors (Lipinski definition) is 2. The van der Waals surface area contributed by atoms with E-state index in [1.807, 2.05) is 0 Å². The molecule has 2 N–H and O–H groups in total. The largest absolute Gasteiger partial charge is 0.357 e. The highest BCUT2D eigenvalue weighted by atomic mass is 127. The number of nitrogens with zero attached hydrogens (tertiary/aromatic N) is 3. The molecule has 1 aliphatic carbocycles. The molecule has 1 heterocycles. The number of piperazine rings is 1. The molecular weight excluding hydrogens is 365 g/mol. The zero-order valence-electron chi connectivity index (χ0n) is 12.9. The van der Waals surface area contributed by atoms with Gasteiger partial charge >= 0.3 is 0 Å². The number of aliphatic imine (C=N–C) groups is 1. The van der Waals surface area contributed by atoms with Crippen LogP contribution in [-0.4, -0.2) is 74.2 Å². The fraction of sp³-hybridized carbons (Fsp3) is 0.929. The molecule has 5 nitrogen and oxygen atoms in total. The van der Waals surface area contributed by atoms with Gasteiger partial charge < -0.3 is 15.5 Å². The molecule has 6 heteroatoms. The Labute approximate surface area is 140 Å². The van der Waals surface area contributed by atoms with Crippen LogP contribution in [0.4, 0.5) is 0 Å². The zero-order chi connectivity index (χ0) is 13.5. The van der Waals surface area contributed by atoms with E-state index in [9.17, 15) is 0 Å². The summed E-state index contributed by atoms with van der Waals surface area (Å²) in [5, 5.41) is 6.78. The van der Waals surface area contributed by atoms with Gasteiger partial charge in [0.2, 0.25) is 0 Å². The first-order valence-electron chi connectivity index (χ1n) is 7.81. The molecular formula is C14H30IN5. The van der Waals surface area contributed by atoms with E-state index in [1.165, 1.54) is 45.6 Å². The Morgan fingerprint density at radius 1 is 1.10 bits per heavy atom. The standard InChI is InChI=1S/C14H29N5.HI/c1-3-15-14(17-13-5-6-13)16-7-8-19-11-9-18(4-2)10-12-19;/h13H,3-12H2,1-2H3,(H2,15,16,17);1H. The number of guanidine groups is 1. The van der Waals surface area contributed by atoms with Crippen LogP contribution in [0.2, 0.25) is 0 Å². The van der Waals surface area contributed by atoms with E-state index in [0.29, 0.717) is 6.04 Å². The monoisotopic (exact) mass is 395 g/mol. The molecule has 2 rings (SSSR count). The van der Waals surface area contributed by atoms with Crippen molar-refractivity contribution in [1.82, 2.24) is 20.4 Å². The SMILES string of the molecule is CCNC(=NCCN1CCN(CC)CC1)NC1CC1.I. The van der Waals surface area contributed by atoms with Crippen molar-refractivity contribution in [3.8, 4) is 0 Å². The quantitative estimate of drug-likeness (QED) is 0.400. The van der Waals surface area contributed by atoms with E-state index in [0.717, 1.165) is 25.6 Å². The summed E-state index contributed by atoms with van der Waals surface area (Å²) in [7, 11) is 0. The summed E-state index contributed by atoms with van der Waals surface area (Å²) in [4.78, 5) is 9.70. The van der Waals surface area contributed by atoms with Crippen LogP contribution in [0.25, 0.3) is 0 Å². The van der Waals surface area contributed by atoms with Crippen molar-refractivity contribution in [3.05, 3.63) is 0 Å². The fourth-order valence-electron chi connectivity index (χ4n) is 2.37. The molecule has 1 saturated heterocycles. The summed E-state index contributed by atoms with van der Waals surface area (Å²) < 4.78 is 0. The second kappa shape index (κ2) is 9.78. The summed E-state index contributed by atoms with van der Waals surface area (Å²) in [6, 6.07) is 0.672. The minimum absolute atomic E-state index is 0. The van der Waals surface area contributed by atoms with E-state index in [-0.39, 0.29) is 24.0 Å². The highest BCUT2D eigenvalue weighted by molar-refractivity contribution is 14.0. The highest BCUT2D eigenvalue weighted by Crippen LogP contribution is 2.18. The molecule has 0 amide bonds. The molecule has 0 bridgehead atoms. The van der Waals surface area contributed by atoms with Crippen molar-refractivity contribution in [2.75, 3.05) is 52.4 Å². The van der Waals surface area contributed by atoms with Crippen LogP contribution in [0, 0.1) is 0 Å². The summed E-state index contributed by atoms with van der Waals surface area (Å²) in [5.41, 5.74) is 0. The van der Waals surface area contributed by atoms with Gasteiger partial charge in [-0.1, -0.05) is 6.92 Å². The minimum Gasteiger partial charge on any atom is -0.357 e. The van der Waals surface area contributed by atoms with Crippen molar-refractivity contribution in [2.24, 2.45) is 4.99 Å². The molecule has 2 aliphatic rings. The van der Waals surface area contributed by atoms with Crippen LogP contribution in [0.5, 0.6) is 0 Å².